The number of amides is 1. The fourth-order valence-corrected chi connectivity index (χ4v) is 2.20. The Morgan fingerprint density at radius 3 is 2.90 bits per heavy atom. The van der Waals surface area contributed by atoms with E-state index in [0.29, 0.717) is 10.0 Å². The summed E-state index contributed by atoms with van der Waals surface area (Å²) in [7, 11) is 0. The second-order valence-corrected chi connectivity index (χ2v) is 4.90. The lowest BCUT2D eigenvalue weighted by molar-refractivity contribution is -0.386. The SMILES string of the molecule is NNC(=O)c1occc1Cn1cc(Br)cc([N+](=O)[O-])c1=O. The van der Waals surface area contributed by atoms with Crippen molar-refractivity contribution in [3.05, 3.63) is 60.9 Å². The third-order valence-corrected chi connectivity index (χ3v) is 3.09. The number of nitro groups is 1. The van der Waals surface area contributed by atoms with E-state index in [1.807, 2.05) is 5.43 Å². The van der Waals surface area contributed by atoms with Gasteiger partial charge in [0.1, 0.15) is 0 Å². The molecule has 0 atom stereocenters. The van der Waals surface area contributed by atoms with Gasteiger partial charge in [-0.3, -0.25) is 25.1 Å². The van der Waals surface area contributed by atoms with Crippen LogP contribution in [-0.2, 0) is 6.54 Å². The molecular formula is C11H9BrN4O5. The predicted octanol–water partition coefficient (Wildman–Crippen LogP) is 0.764. The van der Waals surface area contributed by atoms with Crippen molar-refractivity contribution >= 4 is 27.5 Å². The summed E-state index contributed by atoms with van der Waals surface area (Å²) in [5, 5.41) is 10.8. The number of nitrogens with two attached hydrogens (primary N) is 1. The maximum Gasteiger partial charge on any atom is 0.335 e. The van der Waals surface area contributed by atoms with Crippen LogP contribution in [0.5, 0.6) is 0 Å². The number of hydrogen-bond acceptors (Lipinski definition) is 6. The highest BCUT2D eigenvalue weighted by Crippen LogP contribution is 2.16. The van der Waals surface area contributed by atoms with Gasteiger partial charge in [-0.1, -0.05) is 0 Å². The van der Waals surface area contributed by atoms with E-state index < -0.39 is 22.1 Å². The number of hydrogen-bond donors (Lipinski definition) is 2. The summed E-state index contributed by atoms with van der Waals surface area (Å²) in [4.78, 5) is 33.5. The van der Waals surface area contributed by atoms with Gasteiger partial charge in [0, 0.05) is 22.3 Å². The number of aromatic nitrogens is 1. The number of carbonyl (C=O) groups is 1. The topological polar surface area (TPSA) is 133 Å². The molecular weight excluding hydrogens is 348 g/mol. The zero-order chi connectivity index (χ0) is 15.6. The number of rotatable bonds is 4. The molecule has 0 bridgehead atoms. The number of nitrogens with zero attached hydrogens (tertiary/aromatic N) is 2. The summed E-state index contributed by atoms with van der Waals surface area (Å²) in [5.74, 6) is 4.30. The molecule has 0 aromatic carbocycles. The monoisotopic (exact) mass is 356 g/mol. The molecule has 0 fully saturated rings. The molecule has 1 amide bonds. The lowest BCUT2D eigenvalue weighted by Gasteiger charge is -2.06. The second kappa shape index (κ2) is 5.89. The van der Waals surface area contributed by atoms with E-state index in [9.17, 15) is 19.7 Å². The molecule has 2 aromatic rings. The van der Waals surface area contributed by atoms with Crippen molar-refractivity contribution in [2.45, 2.75) is 6.54 Å². The summed E-state index contributed by atoms with van der Waals surface area (Å²) in [5.41, 5.74) is 0.920. The zero-order valence-electron chi connectivity index (χ0n) is 10.4. The fourth-order valence-electron chi connectivity index (χ4n) is 1.74. The largest absolute Gasteiger partial charge is 0.459 e. The Bertz CT molecular complexity index is 766. The zero-order valence-corrected chi connectivity index (χ0v) is 12.0. The van der Waals surface area contributed by atoms with Crippen molar-refractivity contribution in [1.29, 1.82) is 0 Å². The van der Waals surface area contributed by atoms with Gasteiger partial charge in [0.05, 0.1) is 17.7 Å². The van der Waals surface area contributed by atoms with Gasteiger partial charge in [0.15, 0.2) is 5.76 Å². The van der Waals surface area contributed by atoms with E-state index in [4.69, 9.17) is 10.3 Å². The maximum atomic E-state index is 12.0. The third-order valence-electron chi connectivity index (χ3n) is 2.66. The Morgan fingerprint density at radius 1 is 1.57 bits per heavy atom. The van der Waals surface area contributed by atoms with E-state index in [0.717, 1.165) is 10.6 Å². The number of halogens is 1. The predicted molar refractivity (Wildman–Crippen MR) is 74.5 cm³/mol. The average Bonchev–Trinajstić information content (AvgIpc) is 2.89. The van der Waals surface area contributed by atoms with Gasteiger partial charge in [-0.05, 0) is 22.0 Å². The lowest BCUT2D eigenvalue weighted by atomic mass is 10.2. The van der Waals surface area contributed by atoms with Crippen LogP contribution in [0.3, 0.4) is 0 Å². The normalized spacial score (nSPS) is 10.4. The molecule has 3 N–H and O–H groups in total. The van der Waals surface area contributed by atoms with Gasteiger partial charge in [0.2, 0.25) is 0 Å². The second-order valence-electron chi connectivity index (χ2n) is 3.98. The molecule has 110 valence electrons. The Labute approximate surface area is 125 Å². The number of hydrazine groups is 1. The van der Waals surface area contributed by atoms with E-state index in [1.165, 1.54) is 18.5 Å². The number of furan rings is 1. The van der Waals surface area contributed by atoms with Crippen LogP contribution in [0, 0.1) is 10.1 Å². The summed E-state index contributed by atoms with van der Waals surface area (Å²) < 4.78 is 6.44. The van der Waals surface area contributed by atoms with E-state index >= 15 is 0 Å². The minimum atomic E-state index is -0.788. The highest BCUT2D eigenvalue weighted by molar-refractivity contribution is 9.10. The maximum absolute atomic E-state index is 12.0. The highest BCUT2D eigenvalue weighted by Gasteiger charge is 2.19. The van der Waals surface area contributed by atoms with Gasteiger partial charge in [-0.15, -0.1) is 0 Å². The highest BCUT2D eigenvalue weighted by atomic mass is 79.9. The summed E-state index contributed by atoms with van der Waals surface area (Å²) in [6.07, 6.45) is 2.64. The van der Waals surface area contributed by atoms with Crippen LogP contribution in [0.1, 0.15) is 16.1 Å². The van der Waals surface area contributed by atoms with E-state index in [-0.39, 0.29) is 12.3 Å². The first-order valence-corrected chi connectivity index (χ1v) is 6.35. The van der Waals surface area contributed by atoms with Crippen molar-refractivity contribution in [3.63, 3.8) is 0 Å². The van der Waals surface area contributed by atoms with Crippen molar-refractivity contribution < 1.29 is 14.1 Å². The Hall–Kier alpha value is -2.46. The van der Waals surface area contributed by atoms with Gasteiger partial charge < -0.3 is 8.98 Å². The molecule has 9 nitrogen and oxygen atoms in total. The Kier molecular flexibility index (Phi) is 4.19. The van der Waals surface area contributed by atoms with Crippen LogP contribution < -0.4 is 16.8 Å². The molecule has 0 saturated carbocycles. The molecule has 2 aromatic heterocycles. The van der Waals surface area contributed by atoms with Crippen LogP contribution in [0.15, 0.2) is 38.3 Å². The Balaban J connectivity index is 2.46. The molecule has 0 saturated heterocycles. The summed E-state index contributed by atoms with van der Waals surface area (Å²) >= 11 is 3.09. The lowest BCUT2D eigenvalue weighted by Crippen LogP contribution is -2.31. The van der Waals surface area contributed by atoms with Crippen molar-refractivity contribution in [1.82, 2.24) is 9.99 Å². The Morgan fingerprint density at radius 2 is 2.29 bits per heavy atom. The third kappa shape index (κ3) is 3.01. The molecule has 21 heavy (non-hydrogen) atoms. The van der Waals surface area contributed by atoms with Crippen LogP contribution in [0.25, 0.3) is 0 Å². The minimum Gasteiger partial charge on any atom is -0.459 e. The van der Waals surface area contributed by atoms with Crippen LogP contribution in [0.4, 0.5) is 5.69 Å². The van der Waals surface area contributed by atoms with Crippen molar-refractivity contribution in [2.24, 2.45) is 5.84 Å². The standard InChI is InChI=1S/C11H9BrN4O5/c12-7-3-8(16(19)20)11(18)15(5-7)4-6-1-2-21-9(6)10(17)14-13/h1-3,5H,4,13H2,(H,14,17). The molecule has 0 aliphatic heterocycles. The molecule has 10 heteroatoms. The first-order chi connectivity index (χ1) is 9.93. The quantitative estimate of drug-likeness (QED) is 0.359. The molecule has 0 unspecified atom stereocenters. The van der Waals surface area contributed by atoms with Crippen LogP contribution in [0.2, 0.25) is 0 Å². The van der Waals surface area contributed by atoms with Gasteiger partial charge in [-0.2, -0.15) is 0 Å². The number of nitrogen functional groups attached to an aromatic ring is 1. The average molecular weight is 357 g/mol. The first-order valence-electron chi connectivity index (χ1n) is 5.55. The van der Waals surface area contributed by atoms with Crippen LogP contribution in [-0.4, -0.2) is 15.4 Å². The van der Waals surface area contributed by atoms with E-state index in [2.05, 4.69) is 15.9 Å². The van der Waals surface area contributed by atoms with E-state index in [1.54, 1.807) is 0 Å². The van der Waals surface area contributed by atoms with Gasteiger partial charge >= 0.3 is 17.2 Å². The van der Waals surface area contributed by atoms with Crippen molar-refractivity contribution in [2.75, 3.05) is 0 Å². The van der Waals surface area contributed by atoms with Gasteiger partial charge in [0.25, 0.3) is 0 Å². The number of carbonyl (C=O) groups excluding carboxylic acids is 1. The first kappa shape index (κ1) is 14.9. The molecule has 0 spiro atoms. The molecule has 0 radical (unpaired) electrons. The molecule has 0 aliphatic rings. The minimum absolute atomic E-state index is 0.0629. The van der Waals surface area contributed by atoms with Crippen molar-refractivity contribution in [3.8, 4) is 0 Å². The fraction of sp³-hybridized carbons (Fsp3) is 0.0909. The number of pyridine rings is 1. The van der Waals surface area contributed by atoms with Crippen LogP contribution >= 0.6 is 15.9 Å². The summed E-state index contributed by atoms with van der Waals surface area (Å²) in [6.45, 7) is -0.0711. The molecule has 0 aliphatic carbocycles. The van der Waals surface area contributed by atoms with Gasteiger partial charge in [-0.25, -0.2) is 5.84 Å². The molecule has 2 heterocycles. The smallest absolute Gasteiger partial charge is 0.335 e. The number of nitrogens with one attached hydrogen (secondary N) is 1. The molecule has 2 rings (SSSR count). The summed E-state index contributed by atoms with van der Waals surface area (Å²) in [6, 6.07) is 2.59.